The number of hydrogen-bond donors (Lipinski definition) is 4. The summed E-state index contributed by atoms with van der Waals surface area (Å²) in [6.07, 6.45) is -4.92. The Hall–Kier alpha value is -2.11. The van der Waals surface area contributed by atoms with E-state index in [0.717, 1.165) is 0 Å². The average molecular weight is 381 g/mol. The molecule has 0 spiro atoms. The number of aliphatic hydroxyl groups is 3. The largest absolute Gasteiger partial charge is 0.409 e. The quantitative estimate of drug-likeness (QED) is 0.544. The van der Waals surface area contributed by atoms with Gasteiger partial charge in [0.05, 0.1) is 6.61 Å². The number of ether oxygens (including phenoxy) is 1. The van der Waals surface area contributed by atoms with Crippen LogP contribution < -0.4 is 5.32 Å². The Labute approximate surface area is 153 Å². The summed E-state index contributed by atoms with van der Waals surface area (Å²) in [7, 11) is 0. The van der Waals surface area contributed by atoms with Crippen molar-refractivity contribution in [2.45, 2.75) is 37.5 Å². The van der Waals surface area contributed by atoms with Gasteiger partial charge in [-0.3, -0.25) is 4.79 Å². The first kappa shape index (κ1) is 18.7. The smallest absolute Gasteiger partial charge is 0.289 e. The molecule has 2 aromatic rings. The van der Waals surface area contributed by atoms with Gasteiger partial charge >= 0.3 is 0 Å². The molecular formula is C16H19N3O6S. The molecule has 10 heteroatoms. The van der Waals surface area contributed by atoms with Crippen molar-refractivity contribution < 1.29 is 29.3 Å². The summed E-state index contributed by atoms with van der Waals surface area (Å²) in [4.78, 5) is 11.5. The van der Waals surface area contributed by atoms with Crippen LogP contribution in [0.25, 0.3) is 11.5 Å². The molecule has 1 aromatic heterocycles. The van der Waals surface area contributed by atoms with Crippen LogP contribution in [-0.2, 0) is 9.53 Å². The minimum Gasteiger partial charge on any atom is -0.409 e. The lowest BCUT2D eigenvalue weighted by Crippen LogP contribution is -2.62. The summed E-state index contributed by atoms with van der Waals surface area (Å²) in [5.74, 6) is -0.197. The molecular weight excluding hydrogens is 362 g/mol. The van der Waals surface area contributed by atoms with E-state index in [-0.39, 0.29) is 10.7 Å². The lowest BCUT2D eigenvalue weighted by molar-refractivity contribution is -0.219. The zero-order valence-corrected chi connectivity index (χ0v) is 14.7. The van der Waals surface area contributed by atoms with Gasteiger partial charge < -0.3 is 29.8 Å². The van der Waals surface area contributed by atoms with Crippen LogP contribution >= 0.6 is 12.2 Å². The van der Waals surface area contributed by atoms with Crippen molar-refractivity contribution in [3.05, 3.63) is 35.2 Å². The van der Waals surface area contributed by atoms with Gasteiger partial charge in [-0.1, -0.05) is 18.2 Å². The number of carbonyl (C=O) groups is 1. The van der Waals surface area contributed by atoms with Crippen molar-refractivity contribution in [1.29, 1.82) is 0 Å². The number of hydrogen-bond acceptors (Lipinski definition) is 8. The molecule has 26 heavy (non-hydrogen) atoms. The molecule has 0 bridgehead atoms. The maximum Gasteiger partial charge on any atom is 0.289 e. The summed E-state index contributed by atoms with van der Waals surface area (Å²) >= 11 is 5.20. The number of rotatable bonds is 4. The third-order valence-corrected chi connectivity index (χ3v) is 4.37. The van der Waals surface area contributed by atoms with Crippen LogP contribution in [0, 0.1) is 4.84 Å². The fourth-order valence-electron chi connectivity index (χ4n) is 2.84. The second kappa shape index (κ2) is 7.64. The molecule has 0 aliphatic carbocycles. The number of benzene rings is 1. The van der Waals surface area contributed by atoms with Gasteiger partial charge in [-0.15, -0.1) is 5.10 Å². The lowest BCUT2D eigenvalue weighted by Gasteiger charge is -2.41. The second-order valence-corrected chi connectivity index (χ2v) is 6.29. The molecule has 1 aromatic carbocycles. The molecule has 1 aliphatic rings. The molecule has 0 unspecified atom stereocenters. The van der Waals surface area contributed by atoms with Crippen LogP contribution in [0.2, 0.25) is 0 Å². The van der Waals surface area contributed by atoms with Gasteiger partial charge in [0.2, 0.25) is 11.8 Å². The van der Waals surface area contributed by atoms with Gasteiger partial charge in [-0.2, -0.15) is 4.68 Å². The molecule has 0 radical (unpaired) electrons. The maximum atomic E-state index is 11.5. The summed E-state index contributed by atoms with van der Waals surface area (Å²) in [6.45, 7) is 0.740. The van der Waals surface area contributed by atoms with E-state index in [0.29, 0.717) is 5.56 Å². The Balaban J connectivity index is 2.00. The maximum absolute atomic E-state index is 11.5. The summed E-state index contributed by atoms with van der Waals surface area (Å²) in [6, 6.07) is 8.00. The van der Waals surface area contributed by atoms with E-state index in [4.69, 9.17) is 21.4 Å². The highest BCUT2D eigenvalue weighted by molar-refractivity contribution is 7.71. The molecule has 1 aliphatic heterocycles. The topological polar surface area (TPSA) is 130 Å². The van der Waals surface area contributed by atoms with Crippen molar-refractivity contribution in [3.8, 4) is 11.5 Å². The minimum atomic E-state index is -1.39. The number of aromatic nitrogens is 2. The van der Waals surface area contributed by atoms with Crippen LogP contribution in [0.5, 0.6) is 0 Å². The van der Waals surface area contributed by atoms with Crippen molar-refractivity contribution in [3.63, 3.8) is 0 Å². The molecule has 0 saturated carbocycles. The van der Waals surface area contributed by atoms with E-state index in [9.17, 15) is 20.1 Å². The SMILES string of the molecule is CC(=O)N[C@@H]1[C@@H](O)[C@H](O)[C@@H](CO)O[C@H]1n1nc(-c2ccccc2)oc1=S. The summed E-state index contributed by atoms with van der Waals surface area (Å²) in [5, 5.41) is 36.7. The van der Waals surface area contributed by atoms with E-state index < -0.39 is 43.1 Å². The highest BCUT2D eigenvalue weighted by Crippen LogP contribution is 2.30. The van der Waals surface area contributed by atoms with Crippen molar-refractivity contribution >= 4 is 18.1 Å². The highest BCUT2D eigenvalue weighted by Gasteiger charge is 2.46. The number of nitrogens with one attached hydrogen (secondary N) is 1. The van der Waals surface area contributed by atoms with E-state index in [1.54, 1.807) is 12.1 Å². The fourth-order valence-corrected chi connectivity index (χ4v) is 3.07. The van der Waals surface area contributed by atoms with Crippen LogP contribution in [-0.4, -0.2) is 62.0 Å². The second-order valence-electron chi connectivity index (χ2n) is 5.94. The Morgan fingerprint density at radius 2 is 2.00 bits per heavy atom. The van der Waals surface area contributed by atoms with Crippen molar-refractivity contribution in [2.24, 2.45) is 0 Å². The summed E-state index contributed by atoms with van der Waals surface area (Å²) < 4.78 is 12.4. The molecule has 4 N–H and O–H groups in total. The van der Waals surface area contributed by atoms with Gasteiger partial charge in [0, 0.05) is 12.5 Å². The van der Waals surface area contributed by atoms with Crippen LogP contribution in [0.15, 0.2) is 34.7 Å². The number of aliphatic hydroxyl groups excluding tert-OH is 3. The summed E-state index contributed by atoms with van der Waals surface area (Å²) in [5.41, 5.74) is 0.684. The monoisotopic (exact) mass is 381 g/mol. The minimum absolute atomic E-state index is 0.0375. The van der Waals surface area contributed by atoms with E-state index in [1.807, 2.05) is 18.2 Å². The number of carbonyl (C=O) groups excluding carboxylic acids is 1. The standard InChI is InChI=1S/C16H19N3O6S/c1-8(21)17-11-13(23)12(22)10(7-20)24-15(11)19-16(26)25-14(18-19)9-5-3-2-4-6-9/h2-6,10-13,15,20,22-23H,7H2,1H3,(H,17,21)/t10-,11-,12-,13-,15-/m1/s1. The van der Waals surface area contributed by atoms with Crippen LogP contribution in [0.4, 0.5) is 0 Å². The normalized spacial score (nSPS) is 28.7. The van der Waals surface area contributed by atoms with Gasteiger partial charge in [0.1, 0.15) is 24.4 Å². The number of nitrogens with zero attached hydrogens (tertiary/aromatic N) is 2. The number of amides is 1. The third-order valence-electron chi connectivity index (χ3n) is 4.10. The Morgan fingerprint density at radius 3 is 2.62 bits per heavy atom. The third kappa shape index (κ3) is 3.55. The van der Waals surface area contributed by atoms with Gasteiger partial charge in [-0.25, -0.2) is 0 Å². The Bertz CT molecular complexity index is 823. The molecule has 5 atom stereocenters. The molecule has 140 valence electrons. The zero-order valence-electron chi connectivity index (χ0n) is 13.8. The fraction of sp³-hybridized carbons (Fsp3) is 0.438. The zero-order chi connectivity index (χ0) is 18.8. The Morgan fingerprint density at radius 1 is 1.31 bits per heavy atom. The first-order valence-electron chi connectivity index (χ1n) is 7.97. The van der Waals surface area contributed by atoms with Crippen molar-refractivity contribution in [1.82, 2.24) is 15.1 Å². The Kier molecular flexibility index (Phi) is 5.49. The van der Waals surface area contributed by atoms with Crippen LogP contribution in [0.3, 0.4) is 0 Å². The molecule has 1 fully saturated rings. The average Bonchev–Trinajstić information content (AvgIpc) is 3.01. The van der Waals surface area contributed by atoms with Gasteiger partial charge in [0.15, 0.2) is 6.23 Å². The predicted octanol–water partition coefficient (Wildman–Crippen LogP) is -0.0112. The molecule has 3 rings (SSSR count). The first-order chi connectivity index (χ1) is 12.4. The van der Waals surface area contributed by atoms with Crippen molar-refractivity contribution in [2.75, 3.05) is 6.61 Å². The molecule has 9 nitrogen and oxygen atoms in total. The van der Waals surface area contributed by atoms with E-state index >= 15 is 0 Å². The highest BCUT2D eigenvalue weighted by atomic mass is 32.1. The predicted molar refractivity (Wildman–Crippen MR) is 91.4 cm³/mol. The lowest BCUT2D eigenvalue weighted by atomic mass is 9.96. The molecule has 1 saturated heterocycles. The van der Waals surface area contributed by atoms with E-state index in [2.05, 4.69) is 10.4 Å². The van der Waals surface area contributed by atoms with E-state index in [1.165, 1.54) is 11.6 Å². The van der Waals surface area contributed by atoms with Gasteiger partial charge in [0.25, 0.3) is 4.84 Å². The van der Waals surface area contributed by atoms with Gasteiger partial charge in [-0.05, 0) is 24.4 Å². The first-order valence-corrected chi connectivity index (χ1v) is 8.38. The molecule has 1 amide bonds. The molecule has 2 heterocycles. The van der Waals surface area contributed by atoms with Crippen LogP contribution in [0.1, 0.15) is 13.2 Å².